The molecule has 4 rings (SSSR count). The van der Waals surface area contributed by atoms with Crippen molar-refractivity contribution in [3.05, 3.63) is 70.2 Å². The van der Waals surface area contributed by atoms with E-state index in [0.29, 0.717) is 23.6 Å². The van der Waals surface area contributed by atoms with Crippen molar-refractivity contribution in [3.8, 4) is 0 Å². The molecule has 1 atom stereocenters. The fourth-order valence-corrected chi connectivity index (χ4v) is 5.11. The Labute approximate surface area is 194 Å². The van der Waals surface area contributed by atoms with E-state index in [1.54, 1.807) is 12.1 Å². The maximum absolute atomic E-state index is 13.0. The van der Waals surface area contributed by atoms with Gasteiger partial charge >= 0.3 is 0 Å². The molecule has 170 valence electrons. The second-order valence-corrected chi connectivity index (χ2v) is 9.83. The molecule has 1 saturated carbocycles. The normalized spacial score (nSPS) is 25.7. The molecule has 2 amide bonds. The minimum Gasteiger partial charge on any atom is -0.390 e. The molecule has 1 aliphatic heterocycles. The van der Waals surface area contributed by atoms with Gasteiger partial charge in [-0.1, -0.05) is 48.0 Å². The van der Waals surface area contributed by atoms with Crippen LogP contribution in [-0.4, -0.2) is 40.0 Å². The van der Waals surface area contributed by atoms with E-state index in [1.165, 1.54) is 0 Å². The Hall–Kier alpha value is -2.37. The third kappa shape index (κ3) is 5.33. The molecule has 1 saturated heterocycles. The Morgan fingerprint density at radius 1 is 1.16 bits per heavy atom. The van der Waals surface area contributed by atoms with Crippen molar-refractivity contribution in [3.63, 3.8) is 0 Å². The highest BCUT2D eigenvalue weighted by molar-refractivity contribution is 6.31. The zero-order chi connectivity index (χ0) is 22.7. The van der Waals surface area contributed by atoms with Gasteiger partial charge in [0.25, 0.3) is 5.91 Å². The lowest BCUT2D eigenvalue weighted by molar-refractivity contribution is -0.134. The fraction of sp³-hybridized carbons (Fsp3) is 0.462. The molecule has 1 unspecified atom stereocenters. The standard InChI is InChI=1S/C26H31ClN2O3/c1-26(32)12-9-22(10-13-26)29-14-11-21(25(29)31)15-19-7-8-20(16-23(19)27)24(30)28-17-18-5-3-2-4-6-18/h2-8,16,21-22,32H,9-15,17H2,1H3,(H,28,30). The lowest BCUT2D eigenvalue weighted by atomic mass is 9.83. The van der Waals surface area contributed by atoms with Crippen molar-refractivity contribution in [1.29, 1.82) is 0 Å². The lowest BCUT2D eigenvalue weighted by Crippen LogP contribution is -2.43. The van der Waals surface area contributed by atoms with E-state index in [9.17, 15) is 14.7 Å². The second kappa shape index (κ2) is 9.63. The van der Waals surface area contributed by atoms with E-state index < -0.39 is 5.60 Å². The Balaban J connectivity index is 1.33. The summed E-state index contributed by atoms with van der Waals surface area (Å²) in [6, 6.07) is 15.3. The summed E-state index contributed by atoms with van der Waals surface area (Å²) in [4.78, 5) is 27.5. The average molecular weight is 455 g/mol. The highest BCUT2D eigenvalue weighted by Gasteiger charge is 2.39. The number of hydrogen-bond acceptors (Lipinski definition) is 3. The number of carbonyl (C=O) groups excluding carboxylic acids is 2. The largest absolute Gasteiger partial charge is 0.390 e. The van der Waals surface area contributed by atoms with Gasteiger partial charge in [0, 0.05) is 35.6 Å². The molecule has 2 fully saturated rings. The molecule has 2 aromatic carbocycles. The van der Waals surface area contributed by atoms with Gasteiger partial charge in [-0.05, 0) is 68.7 Å². The number of carbonyl (C=O) groups is 2. The van der Waals surface area contributed by atoms with Gasteiger partial charge in [-0.25, -0.2) is 0 Å². The molecule has 2 aliphatic rings. The first kappa shape index (κ1) is 22.8. The van der Waals surface area contributed by atoms with Gasteiger partial charge in [0.2, 0.25) is 5.91 Å². The minimum absolute atomic E-state index is 0.0762. The van der Waals surface area contributed by atoms with Gasteiger partial charge in [0.15, 0.2) is 0 Å². The number of nitrogens with zero attached hydrogens (tertiary/aromatic N) is 1. The zero-order valence-corrected chi connectivity index (χ0v) is 19.3. The van der Waals surface area contributed by atoms with Crippen molar-refractivity contribution in [1.82, 2.24) is 10.2 Å². The number of amides is 2. The monoisotopic (exact) mass is 454 g/mol. The first-order valence-corrected chi connectivity index (χ1v) is 11.8. The number of aliphatic hydroxyl groups is 1. The molecule has 6 heteroatoms. The van der Waals surface area contributed by atoms with Crippen LogP contribution in [0.1, 0.15) is 60.5 Å². The lowest BCUT2D eigenvalue weighted by Gasteiger charge is -2.37. The molecule has 32 heavy (non-hydrogen) atoms. The average Bonchev–Trinajstić information content (AvgIpc) is 3.14. The first-order chi connectivity index (χ1) is 15.3. The molecule has 0 aromatic heterocycles. The number of rotatable bonds is 6. The topological polar surface area (TPSA) is 69.6 Å². The second-order valence-electron chi connectivity index (χ2n) is 9.42. The molecule has 2 aromatic rings. The minimum atomic E-state index is -0.596. The van der Waals surface area contributed by atoms with E-state index in [1.807, 2.05) is 48.2 Å². The van der Waals surface area contributed by atoms with Crippen molar-refractivity contribution in [2.24, 2.45) is 5.92 Å². The summed E-state index contributed by atoms with van der Waals surface area (Å²) >= 11 is 6.50. The molecule has 0 radical (unpaired) electrons. The Kier molecular flexibility index (Phi) is 6.87. The van der Waals surface area contributed by atoms with Crippen LogP contribution in [0.2, 0.25) is 5.02 Å². The van der Waals surface area contributed by atoms with Crippen LogP contribution in [0.3, 0.4) is 0 Å². The van der Waals surface area contributed by atoms with Crippen LogP contribution in [-0.2, 0) is 17.8 Å². The van der Waals surface area contributed by atoms with Gasteiger partial charge in [0.1, 0.15) is 0 Å². The predicted molar refractivity (Wildman–Crippen MR) is 125 cm³/mol. The summed E-state index contributed by atoms with van der Waals surface area (Å²) in [5.74, 6) is -0.0522. The predicted octanol–water partition coefficient (Wildman–Crippen LogP) is 4.35. The fourth-order valence-electron chi connectivity index (χ4n) is 4.85. The van der Waals surface area contributed by atoms with Crippen LogP contribution >= 0.6 is 11.6 Å². The van der Waals surface area contributed by atoms with E-state index in [2.05, 4.69) is 5.32 Å². The van der Waals surface area contributed by atoms with Crippen LogP contribution in [0, 0.1) is 5.92 Å². The summed E-state index contributed by atoms with van der Waals surface area (Å²) in [5, 5.41) is 13.6. The molecule has 5 nitrogen and oxygen atoms in total. The summed E-state index contributed by atoms with van der Waals surface area (Å²) in [5.41, 5.74) is 1.86. The maximum atomic E-state index is 13.0. The van der Waals surface area contributed by atoms with Crippen molar-refractivity contribution in [2.75, 3.05) is 6.54 Å². The quantitative estimate of drug-likeness (QED) is 0.681. The van der Waals surface area contributed by atoms with E-state index in [4.69, 9.17) is 11.6 Å². The van der Waals surface area contributed by atoms with Crippen LogP contribution < -0.4 is 5.32 Å². The number of benzene rings is 2. The van der Waals surface area contributed by atoms with Gasteiger partial charge < -0.3 is 15.3 Å². The van der Waals surface area contributed by atoms with E-state index in [0.717, 1.165) is 49.8 Å². The SMILES string of the molecule is CC1(O)CCC(N2CCC(Cc3ccc(C(=O)NCc4ccccc4)cc3Cl)C2=O)CC1. The zero-order valence-electron chi connectivity index (χ0n) is 18.5. The Bertz CT molecular complexity index is 966. The van der Waals surface area contributed by atoms with Crippen molar-refractivity contribution < 1.29 is 14.7 Å². The Morgan fingerprint density at radius 3 is 2.56 bits per heavy atom. The molecule has 0 spiro atoms. The van der Waals surface area contributed by atoms with Crippen molar-refractivity contribution in [2.45, 2.75) is 63.6 Å². The van der Waals surface area contributed by atoms with Gasteiger partial charge in [-0.15, -0.1) is 0 Å². The number of halogens is 1. The number of nitrogens with one attached hydrogen (secondary N) is 1. The molecular formula is C26H31ClN2O3. The molecule has 1 aliphatic carbocycles. The Morgan fingerprint density at radius 2 is 1.88 bits per heavy atom. The van der Waals surface area contributed by atoms with Crippen LogP contribution in [0.4, 0.5) is 0 Å². The summed E-state index contributed by atoms with van der Waals surface area (Å²) < 4.78 is 0. The molecule has 2 N–H and O–H groups in total. The van der Waals surface area contributed by atoms with Gasteiger partial charge in [-0.3, -0.25) is 9.59 Å². The molecule has 0 bridgehead atoms. The van der Waals surface area contributed by atoms with Crippen LogP contribution in [0.25, 0.3) is 0 Å². The maximum Gasteiger partial charge on any atom is 0.251 e. The summed E-state index contributed by atoms with van der Waals surface area (Å²) in [6.07, 6.45) is 4.61. The van der Waals surface area contributed by atoms with Crippen molar-refractivity contribution >= 4 is 23.4 Å². The van der Waals surface area contributed by atoms with Crippen LogP contribution in [0.15, 0.2) is 48.5 Å². The summed E-state index contributed by atoms with van der Waals surface area (Å²) in [6.45, 7) is 3.11. The highest BCUT2D eigenvalue weighted by atomic mass is 35.5. The van der Waals surface area contributed by atoms with Gasteiger partial charge in [-0.2, -0.15) is 0 Å². The number of hydrogen-bond donors (Lipinski definition) is 2. The molecule has 1 heterocycles. The van der Waals surface area contributed by atoms with Gasteiger partial charge in [0.05, 0.1) is 5.60 Å². The van der Waals surface area contributed by atoms with Crippen LogP contribution in [0.5, 0.6) is 0 Å². The smallest absolute Gasteiger partial charge is 0.251 e. The third-order valence-corrected chi connectivity index (χ3v) is 7.25. The third-order valence-electron chi connectivity index (χ3n) is 6.90. The first-order valence-electron chi connectivity index (χ1n) is 11.5. The van der Waals surface area contributed by atoms with E-state index >= 15 is 0 Å². The summed E-state index contributed by atoms with van der Waals surface area (Å²) in [7, 11) is 0. The number of likely N-dealkylation sites (tertiary alicyclic amines) is 1. The highest BCUT2D eigenvalue weighted by Crippen LogP contribution is 2.35. The van der Waals surface area contributed by atoms with E-state index in [-0.39, 0.29) is 23.8 Å². The molecular weight excluding hydrogens is 424 g/mol.